The van der Waals surface area contributed by atoms with Gasteiger partial charge in [0, 0.05) is 25.7 Å². The standard InChI is InChI=1S/C70H132O17P2/c1-5-9-13-17-21-24-27-30-32-35-38-41-45-49-53-57-70(75)87-66(61-81-68(73)55-51-47-43-39-36-34-31-28-25-22-18-14-10-6-2)63-85-89(78,79)83-59-64(71)58-82-88(76,77)84-62-65(60-80-67(72)54-50-46-42-20-16-12-8-4)86-69(74)56-52-48-44-40-37-33-29-26-23-19-15-11-7-3/h24,27,30,32,64-66,71H,5-23,25-26,28-29,31,33-63H2,1-4H3,(H,76,77)(H,78,79)/b27-24-,32-30-/t64-,65+,66+/m0/s1. The Bertz CT molecular complexity index is 1800. The Morgan fingerprint density at radius 3 is 0.820 bits per heavy atom. The zero-order chi connectivity index (χ0) is 65.4. The highest BCUT2D eigenvalue weighted by atomic mass is 31.2. The Morgan fingerprint density at radius 1 is 0.315 bits per heavy atom. The number of esters is 4. The molecule has 0 aromatic heterocycles. The monoisotopic (exact) mass is 1310 g/mol. The second-order valence-electron chi connectivity index (χ2n) is 24.6. The molecule has 0 bridgehead atoms. The van der Waals surface area contributed by atoms with Gasteiger partial charge in [0.05, 0.1) is 26.4 Å². The molecular formula is C70H132O17P2. The van der Waals surface area contributed by atoms with Gasteiger partial charge in [-0.25, -0.2) is 9.13 Å². The molecule has 0 heterocycles. The van der Waals surface area contributed by atoms with E-state index in [1.54, 1.807) is 0 Å². The van der Waals surface area contributed by atoms with Crippen molar-refractivity contribution in [3.8, 4) is 0 Å². The number of hydrogen-bond donors (Lipinski definition) is 3. The van der Waals surface area contributed by atoms with E-state index in [1.807, 2.05) is 0 Å². The third kappa shape index (κ3) is 64.1. The highest BCUT2D eigenvalue weighted by Crippen LogP contribution is 2.45. The number of aliphatic hydroxyl groups excluding tert-OH is 1. The minimum absolute atomic E-state index is 0.0858. The van der Waals surface area contributed by atoms with Crippen LogP contribution in [-0.4, -0.2) is 96.7 Å². The summed E-state index contributed by atoms with van der Waals surface area (Å²) >= 11 is 0. The van der Waals surface area contributed by atoms with Crippen molar-refractivity contribution in [2.24, 2.45) is 0 Å². The summed E-state index contributed by atoms with van der Waals surface area (Å²) in [7, 11) is -9.91. The molecular weight excluding hydrogens is 1170 g/mol. The topological polar surface area (TPSA) is 237 Å². The maximum absolute atomic E-state index is 13.0. The lowest BCUT2D eigenvalue weighted by Crippen LogP contribution is -2.30. The van der Waals surface area contributed by atoms with Crippen LogP contribution in [0.25, 0.3) is 0 Å². The fraction of sp³-hybridized carbons (Fsp3) is 0.886. The number of aliphatic hydroxyl groups is 1. The minimum Gasteiger partial charge on any atom is -0.462 e. The Hall–Kier alpha value is -2.46. The molecule has 0 aliphatic carbocycles. The number of ether oxygens (including phenoxy) is 4. The van der Waals surface area contributed by atoms with Crippen molar-refractivity contribution in [2.75, 3.05) is 39.6 Å². The maximum atomic E-state index is 13.0. The van der Waals surface area contributed by atoms with Gasteiger partial charge in [0.1, 0.15) is 19.3 Å². The van der Waals surface area contributed by atoms with Gasteiger partial charge in [-0.3, -0.25) is 37.3 Å². The summed E-state index contributed by atoms with van der Waals surface area (Å²) in [4.78, 5) is 72.4. The second kappa shape index (κ2) is 64.3. The lowest BCUT2D eigenvalue weighted by molar-refractivity contribution is -0.161. The molecule has 0 spiro atoms. The molecule has 0 amide bonds. The summed E-state index contributed by atoms with van der Waals surface area (Å²) in [5, 5.41) is 10.6. The number of phosphoric acid groups is 2. The van der Waals surface area contributed by atoms with E-state index >= 15 is 0 Å². The molecule has 3 N–H and O–H groups in total. The molecule has 0 rings (SSSR count). The Morgan fingerprint density at radius 2 is 0.539 bits per heavy atom. The third-order valence-electron chi connectivity index (χ3n) is 15.7. The molecule has 0 aromatic rings. The molecule has 524 valence electrons. The number of hydrogen-bond acceptors (Lipinski definition) is 15. The highest BCUT2D eigenvalue weighted by Gasteiger charge is 2.30. The van der Waals surface area contributed by atoms with E-state index in [0.717, 1.165) is 116 Å². The summed E-state index contributed by atoms with van der Waals surface area (Å²) in [6.07, 6.45) is 54.9. The molecule has 0 fully saturated rings. The zero-order valence-corrected chi connectivity index (χ0v) is 58.7. The van der Waals surface area contributed by atoms with Gasteiger partial charge < -0.3 is 33.8 Å². The van der Waals surface area contributed by atoms with Crippen LogP contribution < -0.4 is 0 Å². The molecule has 19 heteroatoms. The Labute approximate surface area is 542 Å². The zero-order valence-electron chi connectivity index (χ0n) is 56.9. The van der Waals surface area contributed by atoms with E-state index in [2.05, 4.69) is 52.0 Å². The quantitative estimate of drug-likeness (QED) is 0.0169. The average Bonchev–Trinajstić information content (AvgIpc) is 3.57. The fourth-order valence-corrected chi connectivity index (χ4v) is 11.7. The normalized spacial score (nSPS) is 14.2. The van der Waals surface area contributed by atoms with Gasteiger partial charge in [-0.05, 0) is 51.4 Å². The predicted molar refractivity (Wildman–Crippen MR) is 358 cm³/mol. The summed E-state index contributed by atoms with van der Waals surface area (Å²) in [5.74, 6) is -2.16. The van der Waals surface area contributed by atoms with Crippen molar-refractivity contribution >= 4 is 39.5 Å². The van der Waals surface area contributed by atoms with Crippen molar-refractivity contribution in [1.82, 2.24) is 0 Å². The third-order valence-corrected chi connectivity index (χ3v) is 17.6. The van der Waals surface area contributed by atoms with Gasteiger partial charge in [-0.1, -0.05) is 290 Å². The van der Waals surface area contributed by atoms with Crippen molar-refractivity contribution in [2.45, 2.75) is 361 Å². The molecule has 89 heavy (non-hydrogen) atoms. The van der Waals surface area contributed by atoms with Crippen molar-refractivity contribution in [3.63, 3.8) is 0 Å². The van der Waals surface area contributed by atoms with Crippen LogP contribution in [-0.2, 0) is 65.4 Å². The van der Waals surface area contributed by atoms with Crippen LogP contribution in [0.1, 0.15) is 342 Å². The fourth-order valence-electron chi connectivity index (χ4n) is 10.2. The predicted octanol–water partition coefficient (Wildman–Crippen LogP) is 19.8. The molecule has 17 nitrogen and oxygen atoms in total. The molecule has 0 saturated carbocycles. The first kappa shape index (κ1) is 86.5. The van der Waals surface area contributed by atoms with Crippen molar-refractivity contribution < 1.29 is 80.2 Å². The maximum Gasteiger partial charge on any atom is 0.472 e. The summed E-state index contributed by atoms with van der Waals surface area (Å²) in [6.45, 7) is 4.84. The first-order chi connectivity index (χ1) is 43.2. The van der Waals surface area contributed by atoms with E-state index in [9.17, 15) is 43.2 Å². The van der Waals surface area contributed by atoms with Crippen LogP contribution in [0.15, 0.2) is 24.3 Å². The molecule has 0 aliphatic rings. The number of carbonyl (C=O) groups is 4. The molecule has 0 radical (unpaired) electrons. The van der Waals surface area contributed by atoms with Crippen molar-refractivity contribution in [1.29, 1.82) is 0 Å². The molecule has 0 aromatic carbocycles. The van der Waals surface area contributed by atoms with Gasteiger partial charge in [-0.2, -0.15) is 0 Å². The van der Waals surface area contributed by atoms with Crippen LogP contribution in [0.2, 0.25) is 0 Å². The first-order valence-corrected chi connectivity index (χ1v) is 39.1. The van der Waals surface area contributed by atoms with E-state index in [0.29, 0.717) is 25.7 Å². The van der Waals surface area contributed by atoms with Crippen LogP contribution in [0, 0.1) is 0 Å². The Balaban J connectivity index is 5.24. The Kier molecular flexibility index (Phi) is 62.5. The number of rotatable bonds is 69. The molecule has 0 aliphatic heterocycles. The summed E-state index contributed by atoms with van der Waals surface area (Å²) in [5.41, 5.74) is 0. The minimum atomic E-state index is -4.96. The van der Waals surface area contributed by atoms with Crippen molar-refractivity contribution in [3.05, 3.63) is 24.3 Å². The van der Waals surface area contributed by atoms with E-state index in [-0.39, 0.29) is 25.7 Å². The lowest BCUT2D eigenvalue weighted by Gasteiger charge is -2.21. The SMILES string of the molecule is CCCCCC/C=C\C=C/CCCCCCCC(=O)O[C@H](COC(=O)CCCCCCCCCCCCCCCC)COP(=O)(O)OC[C@@H](O)COP(=O)(O)OC[C@@H](COC(=O)CCCCCCCCC)OC(=O)CCCCCCCCCCCCCCC. The van der Waals surface area contributed by atoms with Gasteiger partial charge >= 0.3 is 39.5 Å². The number of unbranched alkanes of at least 4 members (excludes halogenated alkanes) is 40. The smallest absolute Gasteiger partial charge is 0.462 e. The second-order valence-corrected chi connectivity index (χ2v) is 27.5. The summed E-state index contributed by atoms with van der Waals surface area (Å²) in [6, 6.07) is 0. The molecule has 5 atom stereocenters. The number of carbonyl (C=O) groups excluding carboxylic acids is 4. The van der Waals surface area contributed by atoms with Gasteiger partial charge in [-0.15, -0.1) is 0 Å². The molecule has 2 unspecified atom stereocenters. The van der Waals surface area contributed by atoms with E-state index in [4.69, 9.17) is 37.0 Å². The molecule has 0 saturated heterocycles. The van der Waals surface area contributed by atoms with Gasteiger partial charge in [0.25, 0.3) is 0 Å². The lowest BCUT2D eigenvalue weighted by atomic mass is 10.0. The highest BCUT2D eigenvalue weighted by molar-refractivity contribution is 7.47. The largest absolute Gasteiger partial charge is 0.472 e. The summed E-state index contributed by atoms with van der Waals surface area (Å²) < 4.78 is 68.1. The van der Waals surface area contributed by atoms with Crippen LogP contribution >= 0.6 is 15.6 Å². The van der Waals surface area contributed by atoms with Crippen LogP contribution in [0.5, 0.6) is 0 Å². The van der Waals surface area contributed by atoms with Crippen LogP contribution in [0.4, 0.5) is 0 Å². The van der Waals surface area contributed by atoms with E-state index < -0.39 is 97.5 Å². The van der Waals surface area contributed by atoms with Gasteiger partial charge in [0.2, 0.25) is 0 Å². The van der Waals surface area contributed by atoms with E-state index in [1.165, 1.54) is 148 Å². The number of phosphoric ester groups is 2. The average molecular weight is 1310 g/mol. The first-order valence-electron chi connectivity index (χ1n) is 36.1. The van der Waals surface area contributed by atoms with Gasteiger partial charge in [0.15, 0.2) is 12.2 Å². The van der Waals surface area contributed by atoms with Crippen LogP contribution in [0.3, 0.4) is 0 Å². The number of allylic oxidation sites excluding steroid dienone is 4.